The molecule has 6 heteroatoms. The molecule has 0 saturated heterocycles. The van der Waals surface area contributed by atoms with Crippen LogP contribution < -0.4 is 11.1 Å². The molecule has 1 aromatic carbocycles. The molecule has 2 heterocycles. The van der Waals surface area contributed by atoms with Crippen molar-refractivity contribution in [3.05, 3.63) is 47.7 Å². The Balaban J connectivity index is 1.99. The number of rotatable bonds is 3. The number of pyridine rings is 1. The van der Waals surface area contributed by atoms with Crippen LogP contribution in [0.4, 0.5) is 10.9 Å². The molecule has 0 spiro atoms. The summed E-state index contributed by atoms with van der Waals surface area (Å²) >= 11 is 6.61. The standard InChI is InChI=1S/C14H12N4S2/c1-8-4-5-10-11(7-8)20-14(17-10)18-13-9(12(15)19)3-2-6-16-13/h2-7H,1H3,(H2,15,19)(H,16,17,18). The molecule has 0 atom stereocenters. The van der Waals surface area contributed by atoms with Gasteiger partial charge in [0.25, 0.3) is 0 Å². The van der Waals surface area contributed by atoms with Crippen LogP contribution in [0, 0.1) is 6.92 Å². The summed E-state index contributed by atoms with van der Waals surface area (Å²) < 4.78 is 1.14. The first kappa shape index (κ1) is 13.0. The van der Waals surface area contributed by atoms with E-state index in [-0.39, 0.29) is 0 Å². The fraction of sp³-hybridized carbons (Fsp3) is 0.0714. The maximum Gasteiger partial charge on any atom is 0.189 e. The predicted molar refractivity (Wildman–Crippen MR) is 87.8 cm³/mol. The van der Waals surface area contributed by atoms with Crippen LogP contribution >= 0.6 is 23.6 Å². The van der Waals surface area contributed by atoms with Crippen molar-refractivity contribution in [1.82, 2.24) is 9.97 Å². The summed E-state index contributed by atoms with van der Waals surface area (Å²) in [5.41, 5.74) is 8.60. The second kappa shape index (κ2) is 5.15. The molecule has 0 radical (unpaired) electrons. The van der Waals surface area contributed by atoms with Crippen LogP contribution in [0.3, 0.4) is 0 Å². The van der Waals surface area contributed by atoms with E-state index in [0.29, 0.717) is 10.8 Å². The molecule has 0 aliphatic heterocycles. The van der Waals surface area contributed by atoms with Gasteiger partial charge in [0, 0.05) is 6.20 Å². The number of aromatic nitrogens is 2. The Morgan fingerprint density at radius 3 is 3.00 bits per heavy atom. The summed E-state index contributed by atoms with van der Waals surface area (Å²) in [6.07, 6.45) is 1.70. The van der Waals surface area contributed by atoms with Gasteiger partial charge in [0.05, 0.1) is 15.8 Å². The van der Waals surface area contributed by atoms with Crippen LogP contribution in [-0.2, 0) is 0 Å². The summed E-state index contributed by atoms with van der Waals surface area (Å²) in [6, 6.07) is 9.83. The SMILES string of the molecule is Cc1ccc2nc(Nc3ncccc3C(N)=S)sc2c1. The van der Waals surface area contributed by atoms with E-state index in [9.17, 15) is 0 Å². The Bertz CT molecular complexity index is 795. The van der Waals surface area contributed by atoms with Gasteiger partial charge >= 0.3 is 0 Å². The van der Waals surface area contributed by atoms with Gasteiger partial charge in [0.1, 0.15) is 10.8 Å². The Morgan fingerprint density at radius 1 is 1.35 bits per heavy atom. The van der Waals surface area contributed by atoms with Crippen molar-refractivity contribution in [2.75, 3.05) is 5.32 Å². The first-order valence-electron chi connectivity index (χ1n) is 6.02. The van der Waals surface area contributed by atoms with E-state index >= 15 is 0 Å². The summed E-state index contributed by atoms with van der Waals surface area (Å²) in [7, 11) is 0. The third kappa shape index (κ3) is 2.48. The lowest BCUT2D eigenvalue weighted by Gasteiger charge is -2.06. The van der Waals surface area contributed by atoms with Crippen molar-refractivity contribution >= 4 is 49.7 Å². The lowest BCUT2D eigenvalue weighted by molar-refractivity contribution is 1.28. The van der Waals surface area contributed by atoms with Crippen LogP contribution in [0.5, 0.6) is 0 Å². The lowest BCUT2D eigenvalue weighted by Crippen LogP contribution is -2.12. The highest BCUT2D eigenvalue weighted by molar-refractivity contribution is 7.80. The maximum absolute atomic E-state index is 5.70. The topological polar surface area (TPSA) is 63.8 Å². The van der Waals surface area contributed by atoms with Gasteiger partial charge in [0.15, 0.2) is 5.13 Å². The van der Waals surface area contributed by atoms with Gasteiger partial charge in [-0.15, -0.1) is 0 Å². The van der Waals surface area contributed by atoms with Gasteiger partial charge in [-0.1, -0.05) is 29.6 Å². The number of anilines is 2. The van der Waals surface area contributed by atoms with Gasteiger partial charge in [-0.3, -0.25) is 0 Å². The van der Waals surface area contributed by atoms with E-state index in [1.807, 2.05) is 18.2 Å². The number of thiazole rings is 1. The quantitative estimate of drug-likeness (QED) is 0.726. The summed E-state index contributed by atoms with van der Waals surface area (Å²) in [6.45, 7) is 2.07. The highest BCUT2D eigenvalue weighted by Gasteiger charge is 2.09. The highest BCUT2D eigenvalue weighted by Crippen LogP contribution is 2.29. The highest BCUT2D eigenvalue weighted by atomic mass is 32.1. The number of aryl methyl sites for hydroxylation is 1. The third-order valence-electron chi connectivity index (χ3n) is 2.84. The zero-order chi connectivity index (χ0) is 14.1. The number of thiocarbonyl (C=S) groups is 1. The Morgan fingerprint density at radius 2 is 2.20 bits per heavy atom. The number of benzene rings is 1. The van der Waals surface area contributed by atoms with Crippen molar-refractivity contribution < 1.29 is 0 Å². The molecule has 3 rings (SSSR count). The Hall–Kier alpha value is -2.05. The molecule has 2 aromatic heterocycles. The molecule has 0 saturated carbocycles. The van der Waals surface area contributed by atoms with Gasteiger partial charge in [-0.2, -0.15) is 0 Å². The Labute approximate surface area is 125 Å². The molecule has 20 heavy (non-hydrogen) atoms. The van der Waals surface area contributed by atoms with Gasteiger partial charge in [0.2, 0.25) is 0 Å². The van der Waals surface area contributed by atoms with Crippen LogP contribution in [-0.4, -0.2) is 15.0 Å². The normalized spacial score (nSPS) is 10.7. The average Bonchev–Trinajstić information content (AvgIpc) is 2.80. The van der Waals surface area contributed by atoms with Crippen molar-refractivity contribution in [1.29, 1.82) is 0 Å². The second-order valence-electron chi connectivity index (χ2n) is 4.38. The van der Waals surface area contributed by atoms with Gasteiger partial charge in [-0.25, -0.2) is 9.97 Å². The second-order valence-corrected chi connectivity index (χ2v) is 5.85. The zero-order valence-corrected chi connectivity index (χ0v) is 12.4. The number of nitrogens with one attached hydrogen (secondary N) is 1. The fourth-order valence-electron chi connectivity index (χ4n) is 1.89. The van der Waals surface area contributed by atoms with Crippen molar-refractivity contribution in [3.63, 3.8) is 0 Å². The van der Waals surface area contributed by atoms with Crippen LogP contribution in [0.25, 0.3) is 10.2 Å². The summed E-state index contributed by atoms with van der Waals surface area (Å²) in [4.78, 5) is 9.12. The number of hydrogen-bond acceptors (Lipinski definition) is 5. The van der Waals surface area contributed by atoms with Crippen LogP contribution in [0.15, 0.2) is 36.5 Å². The minimum atomic E-state index is 0.317. The molecular formula is C14H12N4S2. The van der Waals surface area contributed by atoms with Crippen LogP contribution in [0.2, 0.25) is 0 Å². The number of fused-ring (bicyclic) bond motifs is 1. The molecule has 0 unspecified atom stereocenters. The summed E-state index contributed by atoms with van der Waals surface area (Å²) in [5.74, 6) is 0.635. The van der Waals surface area contributed by atoms with Crippen LogP contribution in [0.1, 0.15) is 11.1 Å². The predicted octanol–water partition coefficient (Wildman–Crippen LogP) is 3.38. The molecule has 3 aromatic rings. The Kier molecular flexibility index (Phi) is 3.33. The first-order valence-corrected chi connectivity index (χ1v) is 7.25. The molecule has 0 bridgehead atoms. The molecular weight excluding hydrogens is 288 g/mol. The number of nitrogens with two attached hydrogens (primary N) is 1. The minimum absolute atomic E-state index is 0.317. The van der Waals surface area contributed by atoms with Crippen molar-refractivity contribution in [2.45, 2.75) is 6.92 Å². The molecule has 0 aliphatic carbocycles. The average molecular weight is 300 g/mol. The van der Waals surface area contributed by atoms with E-state index < -0.39 is 0 Å². The fourth-order valence-corrected chi connectivity index (χ4v) is 3.02. The van der Waals surface area contributed by atoms with Crippen molar-refractivity contribution in [3.8, 4) is 0 Å². The third-order valence-corrected chi connectivity index (χ3v) is 4.00. The molecule has 100 valence electrons. The largest absolute Gasteiger partial charge is 0.389 e. The molecule has 0 amide bonds. The summed E-state index contributed by atoms with van der Waals surface area (Å²) in [5, 5.41) is 3.97. The molecule has 4 nitrogen and oxygen atoms in total. The van der Waals surface area contributed by atoms with Gasteiger partial charge in [-0.05, 0) is 36.8 Å². The smallest absolute Gasteiger partial charge is 0.189 e. The van der Waals surface area contributed by atoms with E-state index in [4.69, 9.17) is 18.0 Å². The monoisotopic (exact) mass is 300 g/mol. The van der Waals surface area contributed by atoms with Crippen molar-refractivity contribution in [2.24, 2.45) is 5.73 Å². The molecule has 3 N–H and O–H groups in total. The van der Waals surface area contributed by atoms with E-state index in [1.165, 1.54) is 5.56 Å². The lowest BCUT2D eigenvalue weighted by atomic mass is 10.2. The minimum Gasteiger partial charge on any atom is -0.389 e. The van der Waals surface area contributed by atoms with E-state index in [2.05, 4.69) is 28.3 Å². The molecule has 0 fully saturated rings. The maximum atomic E-state index is 5.70. The zero-order valence-electron chi connectivity index (χ0n) is 10.8. The number of hydrogen-bond donors (Lipinski definition) is 2. The number of nitrogens with zero attached hydrogens (tertiary/aromatic N) is 2. The molecule has 0 aliphatic rings. The van der Waals surface area contributed by atoms with E-state index in [0.717, 1.165) is 20.9 Å². The first-order chi connectivity index (χ1) is 9.63. The van der Waals surface area contributed by atoms with Gasteiger partial charge < -0.3 is 11.1 Å². The van der Waals surface area contributed by atoms with E-state index in [1.54, 1.807) is 23.6 Å².